The summed E-state index contributed by atoms with van der Waals surface area (Å²) in [5, 5.41) is 2.75. The average molecular weight is 520 g/mol. The van der Waals surface area contributed by atoms with Gasteiger partial charge < -0.3 is 10.1 Å². The molecule has 0 aliphatic carbocycles. The van der Waals surface area contributed by atoms with Crippen LogP contribution >= 0.6 is 0 Å². The van der Waals surface area contributed by atoms with Crippen molar-refractivity contribution in [3.8, 4) is 5.75 Å². The van der Waals surface area contributed by atoms with Crippen molar-refractivity contribution in [1.82, 2.24) is 10.9 Å². The molecule has 39 heavy (non-hydrogen) atoms. The van der Waals surface area contributed by atoms with Crippen molar-refractivity contribution >= 4 is 35.5 Å². The first-order valence-corrected chi connectivity index (χ1v) is 12.0. The quantitative estimate of drug-likeness (QED) is 0.139. The molecule has 0 saturated heterocycles. The van der Waals surface area contributed by atoms with Crippen LogP contribution in [0.4, 0.5) is 5.69 Å². The molecule has 0 heterocycles. The molecule has 0 radical (unpaired) electrons. The van der Waals surface area contributed by atoms with Gasteiger partial charge in [-0.05, 0) is 67.6 Å². The van der Waals surface area contributed by atoms with E-state index >= 15 is 0 Å². The number of aryl methyl sites for hydroxylation is 1. The predicted molar refractivity (Wildman–Crippen MR) is 148 cm³/mol. The maximum Gasteiger partial charge on any atom is 0.343 e. The lowest BCUT2D eigenvalue weighted by Gasteiger charge is -2.09. The fourth-order valence-corrected chi connectivity index (χ4v) is 3.46. The molecule has 8 heteroatoms. The van der Waals surface area contributed by atoms with Gasteiger partial charge in [-0.1, -0.05) is 54.1 Å². The van der Waals surface area contributed by atoms with Gasteiger partial charge in [0.25, 0.3) is 17.7 Å². The maximum atomic E-state index is 12.5. The molecule has 8 nitrogen and oxygen atoms in total. The number of hydrazine groups is 1. The fourth-order valence-electron chi connectivity index (χ4n) is 3.46. The van der Waals surface area contributed by atoms with Crippen molar-refractivity contribution in [3.63, 3.8) is 0 Å². The normalized spacial score (nSPS) is 10.5. The van der Waals surface area contributed by atoms with Crippen LogP contribution in [0.25, 0.3) is 6.08 Å². The molecule has 4 aromatic rings. The maximum absolute atomic E-state index is 12.5. The minimum Gasteiger partial charge on any atom is -0.422 e. The molecule has 0 fully saturated rings. The molecule has 0 atom stereocenters. The predicted octanol–water partition coefficient (Wildman–Crippen LogP) is 4.94. The summed E-state index contributed by atoms with van der Waals surface area (Å²) in [6, 6.07) is 28.8. The summed E-state index contributed by atoms with van der Waals surface area (Å²) in [7, 11) is 0. The summed E-state index contributed by atoms with van der Waals surface area (Å²) < 4.78 is 5.50. The van der Waals surface area contributed by atoms with Crippen LogP contribution in [0.5, 0.6) is 5.75 Å². The summed E-state index contributed by atoms with van der Waals surface area (Å²) in [5.41, 5.74) is 7.90. The first kappa shape index (κ1) is 26.6. The number of hydrogen-bond donors (Lipinski definition) is 3. The zero-order valence-electron chi connectivity index (χ0n) is 21.0. The Labute approximate surface area is 225 Å². The molecule has 0 spiro atoms. The summed E-state index contributed by atoms with van der Waals surface area (Å²) in [4.78, 5) is 49.4. The van der Waals surface area contributed by atoms with Crippen LogP contribution in [-0.4, -0.2) is 23.7 Å². The Hall–Kier alpha value is -5.50. The third-order valence-electron chi connectivity index (χ3n) is 5.56. The van der Waals surface area contributed by atoms with E-state index in [-0.39, 0.29) is 17.2 Å². The van der Waals surface area contributed by atoms with Crippen LogP contribution in [-0.2, 0) is 4.79 Å². The Morgan fingerprint density at radius 2 is 1.26 bits per heavy atom. The molecule has 0 unspecified atom stereocenters. The van der Waals surface area contributed by atoms with Crippen molar-refractivity contribution < 1.29 is 23.9 Å². The van der Waals surface area contributed by atoms with Crippen molar-refractivity contribution in [2.75, 3.05) is 5.32 Å². The van der Waals surface area contributed by atoms with Gasteiger partial charge in [0.2, 0.25) is 0 Å². The average Bonchev–Trinajstić information content (AvgIpc) is 2.96. The van der Waals surface area contributed by atoms with Crippen molar-refractivity contribution in [3.05, 3.63) is 137 Å². The molecule has 3 N–H and O–H groups in total. The monoisotopic (exact) mass is 519 g/mol. The van der Waals surface area contributed by atoms with E-state index in [0.717, 1.165) is 5.56 Å². The number of ether oxygens (including phenoxy) is 1. The standard InChI is InChI=1S/C31H25N3O5/c1-21-11-13-25(14-12-21)31(38)39-27-10-6-5-7-22(27)17-20-28(35)33-34-30(37)24-15-18-26(19-16-24)32-29(36)23-8-3-2-4-9-23/h2-20H,1H3,(H,32,36)(H,33,35)(H,34,37)/b20-17+. The largest absolute Gasteiger partial charge is 0.422 e. The highest BCUT2D eigenvalue weighted by atomic mass is 16.5. The van der Waals surface area contributed by atoms with Crippen molar-refractivity contribution in [1.29, 1.82) is 0 Å². The van der Waals surface area contributed by atoms with E-state index < -0.39 is 17.8 Å². The first-order valence-electron chi connectivity index (χ1n) is 12.0. The molecule has 3 amide bonds. The lowest BCUT2D eigenvalue weighted by atomic mass is 10.1. The van der Waals surface area contributed by atoms with Gasteiger partial charge in [0.1, 0.15) is 5.75 Å². The Balaban J connectivity index is 1.30. The second-order valence-electron chi connectivity index (χ2n) is 8.47. The topological polar surface area (TPSA) is 114 Å². The van der Waals surface area contributed by atoms with Crippen LogP contribution in [0, 0.1) is 6.92 Å². The smallest absolute Gasteiger partial charge is 0.343 e. The minimum absolute atomic E-state index is 0.265. The highest BCUT2D eigenvalue weighted by Gasteiger charge is 2.11. The fraction of sp³-hybridized carbons (Fsp3) is 0.0323. The van der Waals surface area contributed by atoms with Gasteiger partial charge in [-0.3, -0.25) is 25.2 Å². The number of anilines is 1. The van der Waals surface area contributed by atoms with E-state index in [9.17, 15) is 19.2 Å². The number of carbonyl (C=O) groups excluding carboxylic acids is 4. The number of amides is 3. The first-order chi connectivity index (χ1) is 18.9. The molecule has 194 valence electrons. The number of para-hydroxylation sites is 1. The van der Waals surface area contributed by atoms with Gasteiger partial charge in [-0.15, -0.1) is 0 Å². The number of rotatable bonds is 7. The van der Waals surface area contributed by atoms with Crippen molar-refractivity contribution in [2.24, 2.45) is 0 Å². The number of carbonyl (C=O) groups is 4. The van der Waals surface area contributed by atoms with Crippen molar-refractivity contribution in [2.45, 2.75) is 6.92 Å². The van der Waals surface area contributed by atoms with Crippen LogP contribution < -0.4 is 20.9 Å². The van der Waals surface area contributed by atoms with Gasteiger partial charge in [0.05, 0.1) is 5.56 Å². The second-order valence-corrected chi connectivity index (χ2v) is 8.47. The van der Waals surface area contributed by atoms with Crippen LogP contribution in [0.1, 0.15) is 42.2 Å². The molecular weight excluding hydrogens is 494 g/mol. The molecule has 4 aromatic carbocycles. The second kappa shape index (κ2) is 12.6. The molecular formula is C31H25N3O5. The van der Waals surface area contributed by atoms with Gasteiger partial charge >= 0.3 is 5.97 Å². The Kier molecular flexibility index (Phi) is 8.61. The molecule has 0 aliphatic heterocycles. The molecule has 0 bridgehead atoms. The zero-order chi connectivity index (χ0) is 27.6. The SMILES string of the molecule is Cc1ccc(C(=O)Oc2ccccc2/C=C/C(=O)NNC(=O)c2ccc(NC(=O)c3ccccc3)cc2)cc1. The number of nitrogens with one attached hydrogen (secondary N) is 3. The summed E-state index contributed by atoms with van der Waals surface area (Å²) in [5.74, 6) is -1.62. The summed E-state index contributed by atoms with van der Waals surface area (Å²) >= 11 is 0. The molecule has 4 rings (SSSR count). The number of esters is 1. The molecule has 0 saturated carbocycles. The van der Waals surface area contributed by atoms with E-state index in [2.05, 4.69) is 16.2 Å². The Morgan fingerprint density at radius 1 is 0.641 bits per heavy atom. The third-order valence-corrected chi connectivity index (χ3v) is 5.56. The van der Waals surface area contributed by atoms with Gasteiger partial charge in [-0.25, -0.2) is 4.79 Å². The van der Waals surface area contributed by atoms with Crippen LogP contribution in [0.3, 0.4) is 0 Å². The molecule has 0 aliphatic rings. The highest BCUT2D eigenvalue weighted by molar-refractivity contribution is 6.04. The van der Waals surface area contributed by atoms with Gasteiger partial charge in [0, 0.05) is 28.5 Å². The van der Waals surface area contributed by atoms with E-state index in [4.69, 9.17) is 4.74 Å². The lowest BCUT2D eigenvalue weighted by molar-refractivity contribution is -0.117. The number of benzene rings is 4. The van der Waals surface area contributed by atoms with E-state index in [1.54, 1.807) is 72.8 Å². The van der Waals surface area contributed by atoms with E-state index in [1.165, 1.54) is 24.3 Å². The summed E-state index contributed by atoms with van der Waals surface area (Å²) in [6.45, 7) is 1.92. The van der Waals surface area contributed by atoms with E-state index in [0.29, 0.717) is 22.4 Å². The van der Waals surface area contributed by atoms with Crippen LogP contribution in [0.2, 0.25) is 0 Å². The summed E-state index contributed by atoms with van der Waals surface area (Å²) in [6.07, 6.45) is 2.69. The van der Waals surface area contributed by atoms with Gasteiger partial charge in [0.15, 0.2) is 0 Å². The van der Waals surface area contributed by atoms with E-state index in [1.807, 2.05) is 25.1 Å². The minimum atomic E-state index is -0.588. The zero-order valence-corrected chi connectivity index (χ0v) is 21.0. The van der Waals surface area contributed by atoms with Crippen LogP contribution in [0.15, 0.2) is 109 Å². The third kappa shape index (κ3) is 7.50. The number of hydrogen-bond acceptors (Lipinski definition) is 5. The Bertz CT molecular complexity index is 1510. The highest BCUT2D eigenvalue weighted by Crippen LogP contribution is 2.21. The molecule has 0 aromatic heterocycles. The lowest BCUT2D eigenvalue weighted by Crippen LogP contribution is -2.40. The van der Waals surface area contributed by atoms with Gasteiger partial charge in [-0.2, -0.15) is 0 Å². The Morgan fingerprint density at radius 3 is 1.97 bits per heavy atom.